The molecular weight excluding hydrogens is 220 g/mol. The van der Waals surface area contributed by atoms with E-state index in [4.69, 9.17) is 4.74 Å². The van der Waals surface area contributed by atoms with Crippen molar-refractivity contribution in [1.82, 2.24) is 0 Å². The number of benzene rings is 2. The first-order valence-corrected chi connectivity index (χ1v) is 6.17. The second-order valence-electron chi connectivity index (χ2n) is 4.69. The van der Waals surface area contributed by atoms with Crippen LogP contribution >= 0.6 is 0 Å². The second kappa shape index (κ2) is 3.61. The Bertz CT molecular complexity index is 781. The van der Waals surface area contributed by atoms with Gasteiger partial charge in [-0.2, -0.15) is 0 Å². The van der Waals surface area contributed by atoms with Gasteiger partial charge in [-0.15, -0.1) is 0 Å². The standard InChI is InChI=1S/C17H12O/c1-2-6-13-10-17-16(9-12(13)5-1)15-8-4-3-7-14(15)11-18-17/h1-8,10-11H,9H2. The van der Waals surface area contributed by atoms with Crippen LogP contribution in [0.25, 0.3) is 17.9 Å². The Kier molecular flexibility index (Phi) is 1.95. The summed E-state index contributed by atoms with van der Waals surface area (Å²) in [7, 11) is 0. The van der Waals surface area contributed by atoms with Crippen LogP contribution in [-0.2, 0) is 11.2 Å². The molecule has 0 bridgehead atoms. The van der Waals surface area contributed by atoms with Crippen molar-refractivity contribution in [2.24, 2.45) is 0 Å². The van der Waals surface area contributed by atoms with Gasteiger partial charge in [0.1, 0.15) is 5.76 Å². The first kappa shape index (κ1) is 9.72. The minimum Gasteiger partial charge on any atom is -0.464 e. The van der Waals surface area contributed by atoms with Crippen molar-refractivity contribution in [3.05, 3.63) is 75.9 Å². The number of allylic oxidation sites excluding steroid dienone is 1. The third-order valence-corrected chi connectivity index (χ3v) is 3.61. The number of hydrogen-bond acceptors (Lipinski definition) is 1. The Morgan fingerprint density at radius 2 is 1.72 bits per heavy atom. The van der Waals surface area contributed by atoms with E-state index in [1.54, 1.807) is 0 Å². The van der Waals surface area contributed by atoms with E-state index in [0.29, 0.717) is 0 Å². The molecule has 0 spiro atoms. The predicted octanol–water partition coefficient (Wildman–Crippen LogP) is 2.20. The molecule has 1 heteroatoms. The smallest absolute Gasteiger partial charge is 0.131 e. The molecule has 4 rings (SSSR count). The first-order chi connectivity index (χ1) is 8.92. The first-order valence-electron chi connectivity index (χ1n) is 6.17. The molecule has 86 valence electrons. The maximum Gasteiger partial charge on any atom is 0.131 e. The minimum atomic E-state index is 0.951. The largest absolute Gasteiger partial charge is 0.464 e. The van der Waals surface area contributed by atoms with Crippen LogP contribution in [0.4, 0.5) is 0 Å². The van der Waals surface area contributed by atoms with Gasteiger partial charge in [0.25, 0.3) is 0 Å². The zero-order valence-electron chi connectivity index (χ0n) is 9.89. The molecule has 0 atom stereocenters. The highest BCUT2D eigenvalue weighted by atomic mass is 16.5. The maximum atomic E-state index is 5.76. The third-order valence-electron chi connectivity index (χ3n) is 3.61. The molecule has 0 fully saturated rings. The van der Waals surface area contributed by atoms with Crippen LogP contribution in [0.3, 0.4) is 0 Å². The van der Waals surface area contributed by atoms with Gasteiger partial charge < -0.3 is 4.74 Å². The van der Waals surface area contributed by atoms with Crippen LogP contribution < -0.4 is 10.4 Å². The molecule has 0 saturated carbocycles. The van der Waals surface area contributed by atoms with Gasteiger partial charge in [-0.3, -0.25) is 0 Å². The average Bonchev–Trinajstić information content (AvgIpc) is 2.45. The molecule has 2 aliphatic rings. The molecule has 1 heterocycles. The fraction of sp³-hybridized carbons (Fsp3) is 0.0588. The molecule has 0 amide bonds. The maximum absolute atomic E-state index is 5.76. The normalized spacial score (nSPS) is 15.6. The lowest BCUT2D eigenvalue weighted by Gasteiger charge is -2.21. The second-order valence-corrected chi connectivity index (χ2v) is 4.69. The van der Waals surface area contributed by atoms with E-state index in [-0.39, 0.29) is 0 Å². The van der Waals surface area contributed by atoms with Gasteiger partial charge in [0, 0.05) is 17.2 Å². The molecule has 0 unspecified atom stereocenters. The summed E-state index contributed by atoms with van der Waals surface area (Å²) in [5, 5.41) is 2.47. The Balaban J connectivity index is 2.05. The van der Waals surface area contributed by atoms with Gasteiger partial charge in [-0.05, 0) is 22.4 Å². The van der Waals surface area contributed by atoms with Crippen molar-refractivity contribution < 1.29 is 4.74 Å². The lowest BCUT2D eigenvalue weighted by atomic mass is 9.90. The van der Waals surface area contributed by atoms with Crippen LogP contribution in [0.15, 0.2) is 54.3 Å². The molecule has 18 heavy (non-hydrogen) atoms. The molecule has 2 aromatic carbocycles. The van der Waals surface area contributed by atoms with Crippen molar-refractivity contribution in [3.8, 4) is 0 Å². The van der Waals surface area contributed by atoms with E-state index >= 15 is 0 Å². The zero-order chi connectivity index (χ0) is 11.9. The molecule has 0 aromatic heterocycles. The van der Waals surface area contributed by atoms with Crippen molar-refractivity contribution >= 4 is 17.9 Å². The summed E-state index contributed by atoms with van der Waals surface area (Å²) < 4.78 is 5.76. The fourth-order valence-electron chi connectivity index (χ4n) is 2.68. The summed E-state index contributed by atoms with van der Waals surface area (Å²) in [6.07, 6.45) is 4.94. The van der Waals surface area contributed by atoms with Crippen molar-refractivity contribution in [2.45, 2.75) is 6.42 Å². The molecule has 1 nitrogen and oxygen atoms in total. The van der Waals surface area contributed by atoms with Gasteiger partial charge in [-0.25, -0.2) is 0 Å². The van der Waals surface area contributed by atoms with Crippen LogP contribution in [0.2, 0.25) is 0 Å². The van der Waals surface area contributed by atoms with E-state index < -0.39 is 0 Å². The van der Waals surface area contributed by atoms with Crippen LogP contribution in [-0.4, -0.2) is 0 Å². The number of hydrogen-bond donors (Lipinski definition) is 0. The Morgan fingerprint density at radius 1 is 0.889 bits per heavy atom. The number of ether oxygens (including phenoxy) is 1. The monoisotopic (exact) mass is 232 g/mol. The Morgan fingerprint density at radius 3 is 2.72 bits per heavy atom. The Hall–Kier alpha value is -2.28. The van der Waals surface area contributed by atoms with E-state index in [1.807, 2.05) is 12.3 Å². The molecule has 0 saturated heterocycles. The molecule has 2 aromatic rings. The van der Waals surface area contributed by atoms with Crippen molar-refractivity contribution in [1.29, 1.82) is 0 Å². The fourth-order valence-corrected chi connectivity index (χ4v) is 2.68. The topological polar surface area (TPSA) is 9.23 Å². The van der Waals surface area contributed by atoms with Crippen LogP contribution in [0.1, 0.15) is 11.1 Å². The van der Waals surface area contributed by atoms with Crippen LogP contribution in [0, 0.1) is 0 Å². The van der Waals surface area contributed by atoms with Gasteiger partial charge >= 0.3 is 0 Å². The van der Waals surface area contributed by atoms with Crippen molar-refractivity contribution in [2.75, 3.05) is 0 Å². The molecule has 0 N–H and O–H groups in total. The van der Waals surface area contributed by atoms with Gasteiger partial charge in [-0.1, -0.05) is 48.5 Å². The minimum absolute atomic E-state index is 0.951. The average molecular weight is 232 g/mol. The van der Waals surface area contributed by atoms with Gasteiger partial charge in [0.15, 0.2) is 0 Å². The summed E-state index contributed by atoms with van der Waals surface area (Å²) in [4.78, 5) is 0. The molecule has 1 aliphatic carbocycles. The summed E-state index contributed by atoms with van der Waals surface area (Å²) in [6, 6.07) is 16.9. The van der Waals surface area contributed by atoms with Crippen LogP contribution in [0.5, 0.6) is 0 Å². The Labute approximate surface area is 105 Å². The predicted molar refractivity (Wildman–Crippen MR) is 72.8 cm³/mol. The number of fused-ring (bicyclic) bond motifs is 3. The van der Waals surface area contributed by atoms with Gasteiger partial charge in [0.2, 0.25) is 0 Å². The lowest BCUT2D eigenvalue weighted by molar-refractivity contribution is 0.423. The van der Waals surface area contributed by atoms with Crippen molar-refractivity contribution in [3.63, 3.8) is 0 Å². The quantitative estimate of drug-likeness (QED) is 0.676. The van der Waals surface area contributed by atoms with E-state index in [1.165, 1.54) is 27.1 Å². The molecule has 0 radical (unpaired) electrons. The highest BCUT2D eigenvalue weighted by molar-refractivity contribution is 5.80. The van der Waals surface area contributed by atoms with E-state index in [0.717, 1.165) is 12.2 Å². The highest BCUT2D eigenvalue weighted by Gasteiger charge is 2.18. The summed E-state index contributed by atoms with van der Waals surface area (Å²) in [5.74, 6) is 0.993. The third kappa shape index (κ3) is 1.34. The molecule has 1 aliphatic heterocycles. The summed E-state index contributed by atoms with van der Waals surface area (Å²) in [5.41, 5.74) is 3.94. The lowest BCUT2D eigenvalue weighted by Crippen LogP contribution is -2.32. The molecular formula is C17H12O. The number of rotatable bonds is 0. The van der Waals surface area contributed by atoms with E-state index in [2.05, 4.69) is 48.5 Å². The summed E-state index contributed by atoms with van der Waals surface area (Å²) >= 11 is 0. The SMILES string of the molecule is C1=C2OC=c3ccccc3=C2Cc2ccccc21. The zero-order valence-corrected chi connectivity index (χ0v) is 9.89. The highest BCUT2D eigenvalue weighted by Crippen LogP contribution is 2.29. The summed E-state index contributed by atoms with van der Waals surface area (Å²) in [6.45, 7) is 0. The van der Waals surface area contributed by atoms with E-state index in [9.17, 15) is 0 Å². The van der Waals surface area contributed by atoms with Gasteiger partial charge in [0.05, 0.1) is 6.26 Å².